The molecule has 1 aliphatic heterocycles. The summed E-state index contributed by atoms with van der Waals surface area (Å²) in [5.74, 6) is 0.201. The minimum Gasteiger partial charge on any atom is -0.489 e. The molecule has 0 unspecified atom stereocenters. The molecule has 2 heterocycles. The van der Waals surface area contributed by atoms with Crippen molar-refractivity contribution in [3.8, 4) is 5.75 Å². The van der Waals surface area contributed by atoms with Crippen molar-refractivity contribution < 1.29 is 17.5 Å². The number of benzene rings is 2. The molecule has 3 aromatic rings. The first-order valence-electron chi connectivity index (χ1n) is 8.17. The Kier molecular flexibility index (Phi) is 4.48. The van der Waals surface area contributed by atoms with Gasteiger partial charge in [0, 0.05) is 23.3 Å². The van der Waals surface area contributed by atoms with E-state index in [4.69, 9.17) is 4.74 Å². The number of aromatic nitrogens is 1. The maximum Gasteiger partial charge on any atom is 0.263 e. The largest absolute Gasteiger partial charge is 0.489 e. The molecule has 0 saturated carbocycles. The Morgan fingerprint density at radius 3 is 2.85 bits per heavy atom. The maximum atomic E-state index is 13.6. The lowest BCUT2D eigenvalue weighted by molar-refractivity contribution is 0.313. The summed E-state index contributed by atoms with van der Waals surface area (Å²) in [6, 6.07) is 9.60. The highest BCUT2D eigenvalue weighted by Gasteiger charge is 2.24. The Hall–Kier alpha value is -2.65. The van der Waals surface area contributed by atoms with E-state index in [9.17, 15) is 12.8 Å². The molecule has 0 amide bonds. The van der Waals surface area contributed by atoms with Crippen LogP contribution in [0.1, 0.15) is 5.56 Å². The third kappa shape index (κ3) is 3.47. The van der Waals surface area contributed by atoms with Gasteiger partial charge in [0.15, 0.2) is 5.13 Å². The number of rotatable bonds is 4. The first kappa shape index (κ1) is 17.7. The van der Waals surface area contributed by atoms with Crippen LogP contribution >= 0.6 is 11.3 Å². The summed E-state index contributed by atoms with van der Waals surface area (Å²) in [6.07, 6.45) is 1.53. The molecule has 0 saturated heterocycles. The van der Waals surface area contributed by atoms with Gasteiger partial charge in [-0.05, 0) is 42.8 Å². The van der Waals surface area contributed by atoms with Crippen molar-refractivity contribution in [1.29, 1.82) is 0 Å². The van der Waals surface area contributed by atoms with Gasteiger partial charge in [-0.15, -0.1) is 11.3 Å². The monoisotopic (exact) mass is 405 g/mol. The molecular weight excluding hydrogens is 389 g/mol. The third-order valence-corrected chi connectivity index (χ3v) is 6.37. The van der Waals surface area contributed by atoms with Gasteiger partial charge in [0.2, 0.25) is 0 Å². The van der Waals surface area contributed by atoms with E-state index in [1.165, 1.54) is 35.7 Å². The van der Waals surface area contributed by atoms with E-state index in [1.54, 1.807) is 30.5 Å². The summed E-state index contributed by atoms with van der Waals surface area (Å²) in [6.45, 7) is 2.69. The van der Waals surface area contributed by atoms with Crippen molar-refractivity contribution in [3.63, 3.8) is 0 Å². The molecule has 0 bridgehead atoms. The van der Waals surface area contributed by atoms with Crippen molar-refractivity contribution in [2.45, 2.75) is 11.8 Å². The lowest BCUT2D eigenvalue weighted by Gasteiger charge is -2.31. The minimum absolute atomic E-state index is 0.0913. The number of hydrogen-bond acceptors (Lipinski definition) is 6. The molecule has 1 aromatic heterocycles. The van der Waals surface area contributed by atoms with E-state index in [-0.39, 0.29) is 10.7 Å². The number of sulfonamides is 1. The molecule has 1 N–H and O–H groups in total. The summed E-state index contributed by atoms with van der Waals surface area (Å²) in [5, 5.41) is 1.99. The van der Waals surface area contributed by atoms with Crippen molar-refractivity contribution in [2.75, 3.05) is 22.8 Å². The van der Waals surface area contributed by atoms with Crippen molar-refractivity contribution in [1.82, 2.24) is 4.98 Å². The van der Waals surface area contributed by atoms with Crippen LogP contribution in [0.4, 0.5) is 20.9 Å². The first-order valence-corrected chi connectivity index (χ1v) is 10.5. The zero-order valence-electron chi connectivity index (χ0n) is 14.3. The van der Waals surface area contributed by atoms with Crippen LogP contribution in [0.15, 0.2) is 52.9 Å². The number of anilines is 3. The smallest absolute Gasteiger partial charge is 0.263 e. The molecule has 0 atom stereocenters. The number of thiazole rings is 1. The lowest BCUT2D eigenvalue weighted by Crippen LogP contribution is -2.29. The number of nitrogens with one attached hydrogen (secondary N) is 1. The van der Waals surface area contributed by atoms with Gasteiger partial charge in [-0.2, -0.15) is 0 Å². The fraction of sp³-hybridized carbons (Fsp3) is 0.167. The third-order valence-electron chi connectivity index (χ3n) is 4.21. The Morgan fingerprint density at radius 2 is 2.11 bits per heavy atom. The van der Waals surface area contributed by atoms with Crippen LogP contribution < -0.4 is 14.4 Å². The molecule has 0 radical (unpaired) electrons. The number of halogens is 1. The van der Waals surface area contributed by atoms with E-state index in [0.717, 1.165) is 11.4 Å². The highest BCUT2D eigenvalue weighted by atomic mass is 32.2. The second-order valence-corrected chi connectivity index (χ2v) is 8.58. The van der Waals surface area contributed by atoms with E-state index < -0.39 is 10.0 Å². The summed E-state index contributed by atoms with van der Waals surface area (Å²) in [7, 11) is -3.76. The first-order chi connectivity index (χ1) is 12.9. The lowest BCUT2D eigenvalue weighted by atomic mass is 10.1. The molecule has 27 heavy (non-hydrogen) atoms. The molecule has 4 rings (SSSR count). The van der Waals surface area contributed by atoms with Crippen LogP contribution in [0.2, 0.25) is 0 Å². The Bertz CT molecular complexity index is 1090. The Labute approximate surface area is 160 Å². The van der Waals surface area contributed by atoms with Gasteiger partial charge < -0.3 is 9.64 Å². The maximum absolute atomic E-state index is 13.6. The van der Waals surface area contributed by atoms with E-state index in [0.29, 0.717) is 29.6 Å². The predicted molar refractivity (Wildman–Crippen MR) is 103 cm³/mol. The molecule has 6 nitrogen and oxygen atoms in total. The normalized spacial score (nSPS) is 13.8. The average Bonchev–Trinajstić information content (AvgIpc) is 3.15. The van der Waals surface area contributed by atoms with Gasteiger partial charge in [0.05, 0.1) is 17.1 Å². The van der Waals surface area contributed by atoms with Gasteiger partial charge in [-0.3, -0.25) is 4.72 Å². The number of aryl methyl sites for hydroxylation is 1. The van der Waals surface area contributed by atoms with Crippen LogP contribution in [0.5, 0.6) is 5.75 Å². The second kappa shape index (κ2) is 6.82. The fourth-order valence-electron chi connectivity index (χ4n) is 2.88. The number of nitrogens with zero attached hydrogens (tertiary/aromatic N) is 2. The summed E-state index contributed by atoms with van der Waals surface area (Å²) >= 11 is 1.20. The van der Waals surface area contributed by atoms with Crippen LogP contribution in [-0.2, 0) is 10.0 Å². The van der Waals surface area contributed by atoms with Crippen LogP contribution in [0.25, 0.3) is 0 Å². The zero-order valence-corrected chi connectivity index (χ0v) is 16.0. The minimum atomic E-state index is -3.76. The average molecular weight is 405 g/mol. The summed E-state index contributed by atoms with van der Waals surface area (Å²) < 4.78 is 46.8. The van der Waals surface area contributed by atoms with Gasteiger partial charge >= 0.3 is 0 Å². The number of hydrogen-bond donors (Lipinski definition) is 1. The molecule has 1 aliphatic rings. The number of fused-ring (bicyclic) bond motifs is 1. The van der Waals surface area contributed by atoms with Gasteiger partial charge in [0.1, 0.15) is 18.2 Å². The van der Waals surface area contributed by atoms with Crippen LogP contribution in [0, 0.1) is 12.7 Å². The zero-order chi connectivity index (χ0) is 19.0. The highest BCUT2D eigenvalue weighted by molar-refractivity contribution is 7.93. The molecule has 0 spiro atoms. The Morgan fingerprint density at radius 1 is 1.26 bits per heavy atom. The topological polar surface area (TPSA) is 71.5 Å². The van der Waals surface area contributed by atoms with Crippen molar-refractivity contribution in [3.05, 3.63) is 59.4 Å². The quantitative estimate of drug-likeness (QED) is 0.712. The SMILES string of the molecule is Cc1cc(N2CCOc3cc(S(=O)(=O)Nc4nccs4)ccc32)ccc1F. The second-order valence-electron chi connectivity index (χ2n) is 6.01. The van der Waals surface area contributed by atoms with E-state index in [1.807, 2.05) is 4.90 Å². The predicted octanol–water partition coefficient (Wildman–Crippen LogP) is 3.92. The van der Waals surface area contributed by atoms with Gasteiger partial charge in [-0.25, -0.2) is 17.8 Å². The Balaban J connectivity index is 1.68. The number of ether oxygens (including phenoxy) is 1. The van der Waals surface area contributed by atoms with E-state index >= 15 is 0 Å². The van der Waals surface area contributed by atoms with Crippen LogP contribution in [-0.4, -0.2) is 26.6 Å². The molecule has 0 aliphatic carbocycles. The summed E-state index contributed by atoms with van der Waals surface area (Å²) in [5.41, 5.74) is 2.11. The molecule has 9 heteroatoms. The van der Waals surface area contributed by atoms with Crippen molar-refractivity contribution >= 4 is 37.9 Å². The van der Waals surface area contributed by atoms with E-state index in [2.05, 4.69) is 9.71 Å². The standard InChI is InChI=1S/C18H16FN3O3S2/c1-12-10-13(2-4-15(12)19)22-7-8-25-17-11-14(3-5-16(17)22)27(23,24)21-18-20-6-9-26-18/h2-6,9-11H,7-8H2,1H3,(H,20,21). The van der Waals surface area contributed by atoms with Crippen molar-refractivity contribution in [2.24, 2.45) is 0 Å². The van der Waals surface area contributed by atoms with Gasteiger partial charge in [0.25, 0.3) is 10.0 Å². The molecule has 0 fully saturated rings. The summed E-state index contributed by atoms with van der Waals surface area (Å²) in [4.78, 5) is 6.01. The van der Waals surface area contributed by atoms with Gasteiger partial charge in [-0.1, -0.05) is 0 Å². The molecular formula is C18H16FN3O3S2. The molecule has 2 aromatic carbocycles. The fourth-order valence-corrected chi connectivity index (χ4v) is 4.68. The van der Waals surface area contributed by atoms with Crippen LogP contribution in [0.3, 0.4) is 0 Å². The highest BCUT2D eigenvalue weighted by Crippen LogP contribution is 2.38. The molecule has 140 valence electrons.